The average molecular weight is 994 g/mol. The number of fused-ring (bicyclic) bond motifs is 6. The number of aromatic nitrogens is 4. The van der Waals surface area contributed by atoms with Gasteiger partial charge >= 0.3 is 12.1 Å². The molecule has 72 heavy (non-hydrogen) atoms. The molecule has 394 valence electrons. The number of nitrogens with two attached hydrogens (primary N) is 2. The Bertz CT molecular complexity index is 2380. The predicted molar refractivity (Wildman–Crippen MR) is 282 cm³/mol. The number of nitrogens with zero attached hydrogens (tertiary/aromatic N) is 5. The van der Waals surface area contributed by atoms with Gasteiger partial charge in [0.2, 0.25) is 11.9 Å². The third-order valence-electron chi connectivity index (χ3n) is 17.2. The molecule has 9 atom stereocenters. The number of carboxylic acids is 1. The molecule has 0 aliphatic heterocycles. The largest absolute Gasteiger partial charge is 0.481 e. The van der Waals surface area contributed by atoms with Crippen LogP contribution in [-0.4, -0.2) is 94.3 Å². The number of nitrogens with one attached hydrogen (secondary N) is 4. The molecule has 17 nitrogen and oxygen atoms in total. The SMILES string of the molecule is CC(C)CCC[C@@H](C)[C@H]1CC[C@H]2[C@@H]3CC=C4C[C@@H](OC(=O)NCCCCNCCCNC(=O)[C@H](CCC(=O)O)NC(=O)c5ccc(N(C)Cc6cnc7nc(N)nc(N)c7n6)cc5)CC[C@]4(C)[C@H]3CC[C@]12C. The number of amides is 3. The number of anilines is 3. The van der Waals surface area contributed by atoms with Crippen molar-refractivity contribution in [2.45, 2.75) is 156 Å². The Morgan fingerprint density at radius 3 is 2.38 bits per heavy atom. The maximum Gasteiger partial charge on any atom is 0.407 e. The number of aliphatic carboxylic acids is 1. The van der Waals surface area contributed by atoms with E-state index in [2.05, 4.69) is 81.9 Å². The van der Waals surface area contributed by atoms with E-state index >= 15 is 0 Å². The van der Waals surface area contributed by atoms with E-state index in [9.17, 15) is 24.3 Å². The van der Waals surface area contributed by atoms with Gasteiger partial charge in [0.25, 0.3) is 5.91 Å². The average Bonchev–Trinajstić information content (AvgIpc) is 3.70. The molecule has 0 unspecified atom stereocenters. The lowest BCUT2D eigenvalue weighted by molar-refractivity contribution is -0.137. The molecule has 3 amide bonds. The molecule has 0 spiro atoms. The van der Waals surface area contributed by atoms with Gasteiger partial charge in [0.05, 0.1) is 18.4 Å². The number of hydrogen-bond acceptors (Lipinski definition) is 13. The number of allylic oxidation sites excluding steroid dienone is 1. The lowest BCUT2D eigenvalue weighted by atomic mass is 9.47. The van der Waals surface area contributed by atoms with Crippen molar-refractivity contribution in [1.29, 1.82) is 0 Å². The number of alkyl carbamates (subject to hydrolysis) is 1. The van der Waals surface area contributed by atoms with Crippen LogP contribution in [0.4, 0.5) is 22.2 Å². The van der Waals surface area contributed by atoms with E-state index in [1.807, 2.05) is 11.9 Å². The molecule has 3 aromatic rings. The van der Waals surface area contributed by atoms with Crippen molar-refractivity contribution in [2.75, 3.05) is 49.6 Å². The molecule has 9 N–H and O–H groups in total. The Labute approximate surface area is 426 Å². The molecule has 1 aromatic carbocycles. The minimum absolute atomic E-state index is 0.0190. The molecule has 2 heterocycles. The fourth-order valence-electron chi connectivity index (χ4n) is 13.2. The summed E-state index contributed by atoms with van der Waals surface area (Å²) in [5.41, 5.74) is 16.3. The van der Waals surface area contributed by atoms with Gasteiger partial charge in [0.1, 0.15) is 12.1 Å². The summed E-state index contributed by atoms with van der Waals surface area (Å²) < 4.78 is 6.01. The fourth-order valence-corrected chi connectivity index (χ4v) is 13.2. The number of carbonyl (C=O) groups excluding carboxylic acids is 3. The number of rotatable bonds is 24. The highest BCUT2D eigenvalue weighted by Gasteiger charge is 2.59. The highest BCUT2D eigenvalue weighted by Crippen LogP contribution is 2.67. The van der Waals surface area contributed by atoms with Crippen LogP contribution in [0.25, 0.3) is 11.2 Å². The number of carboxylic acid groups (broad SMARTS) is 1. The molecule has 0 bridgehead atoms. The number of benzene rings is 1. The van der Waals surface area contributed by atoms with Crippen molar-refractivity contribution in [2.24, 2.45) is 46.3 Å². The van der Waals surface area contributed by atoms with Crippen molar-refractivity contribution in [1.82, 2.24) is 41.2 Å². The van der Waals surface area contributed by atoms with E-state index in [1.165, 1.54) is 56.9 Å². The lowest BCUT2D eigenvalue weighted by Crippen LogP contribution is -2.51. The second-order valence-electron chi connectivity index (χ2n) is 22.5. The summed E-state index contributed by atoms with van der Waals surface area (Å²) in [6.07, 6.45) is 19.4. The second kappa shape index (κ2) is 24.4. The van der Waals surface area contributed by atoms with E-state index in [0.717, 1.165) is 79.8 Å². The molecule has 0 saturated heterocycles. The smallest absolute Gasteiger partial charge is 0.407 e. The zero-order valence-electron chi connectivity index (χ0n) is 43.8. The summed E-state index contributed by atoms with van der Waals surface area (Å²) >= 11 is 0. The van der Waals surface area contributed by atoms with Crippen LogP contribution < -0.4 is 37.6 Å². The van der Waals surface area contributed by atoms with Gasteiger partial charge < -0.3 is 47.5 Å². The van der Waals surface area contributed by atoms with Crippen molar-refractivity contribution in [3.8, 4) is 0 Å². The van der Waals surface area contributed by atoms with E-state index in [0.29, 0.717) is 60.4 Å². The van der Waals surface area contributed by atoms with E-state index < -0.39 is 23.8 Å². The van der Waals surface area contributed by atoms with E-state index in [-0.39, 0.29) is 42.2 Å². The predicted octanol–water partition coefficient (Wildman–Crippen LogP) is 8.20. The van der Waals surface area contributed by atoms with Gasteiger partial charge in [-0.3, -0.25) is 14.4 Å². The minimum atomic E-state index is -1.06. The minimum Gasteiger partial charge on any atom is -0.481 e. The van der Waals surface area contributed by atoms with Gasteiger partial charge in [-0.15, -0.1) is 0 Å². The van der Waals surface area contributed by atoms with Gasteiger partial charge in [-0.2, -0.15) is 9.97 Å². The Morgan fingerprint density at radius 1 is 0.861 bits per heavy atom. The molecule has 17 heteroatoms. The summed E-state index contributed by atoms with van der Waals surface area (Å²) in [7, 11) is 1.86. The Morgan fingerprint density at radius 2 is 1.61 bits per heavy atom. The number of carbonyl (C=O) groups is 4. The van der Waals surface area contributed by atoms with Gasteiger partial charge in [-0.05, 0) is 154 Å². The topological polar surface area (TPSA) is 253 Å². The third-order valence-corrected chi connectivity index (χ3v) is 17.2. The van der Waals surface area contributed by atoms with Crippen LogP contribution in [0.15, 0.2) is 42.1 Å². The monoisotopic (exact) mass is 994 g/mol. The number of unbranched alkanes of at least 4 members (excludes halogenated alkanes) is 1. The maximum atomic E-state index is 13.2. The van der Waals surface area contributed by atoms with Crippen molar-refractivity contribution in [3.63, 3.8) is 0 Å². The van der Waals surface area contributed by atoms with Crippen molar-refractivity contribution < 1.29 is 29.0 Å². The van der Waals surface area contributed by atoms with Gasteiger partial charge in [0.15, 0.2) is 17.0 Å². The molecular formula is C55H83N11O6. The molecule has 4 aliphatic rings. The number of nitrogen functional groups attached to an aromatic ring is 2. The first-order chi connectivity index (χ1) is 34.4. The van der Waals surface area contributed by atoms with E-state index in [4.69, 9.17) is 16.2 Å². The Hall–Kier alpha value is -5.58. The molecule has 3 saturated carbocycles. The first-order valence-electron chi connectivity index (χ1n) is 27.0. The summed E-state index contributed by atoms with van der Waals surface area (Å²) in [4.78, 5) is 69.5. The molecule has 4 aliphatic carbocycles. The first kappa shape index (κ1) is 54.2. The van der Waals surface area contributed by atoms with Crippen molar-refractivity contribution >= 4 is 52.5 Å². The normalized spacial score (nSPS) is 25.3. The zero-order chi connectivity index (χ0) is 51.6. The van der Waals surface area contributed by atoms with Crippen LogP contribution in [0, 0.1) is 46.3 Å². The quantitative estimate of drug-likeness (QED) is 0.0330. The van der Waals surface area contributed by atoms with Gasteiger partial charge in [-0.1, -0.05) is 65.5 Å². The molecular weight excluding hydrogens is 911 g/mol. The van der Waals surface area contributed by atoms with E-state index in [1.54, 1.807) is 30.5 Å². The Balaban J connectivity index is 0.757. The van der Waals surface area contributed by atoms with Crippen molar-refractivity contribution in [3.05, 3.63) is 53.4 Å². The van der Waals surface area contributed by atoms with Crippen LogP contribution >= 0.6 is 0 Å². The van der Waals surface area contributed by atoms with Crippen LogP contribution in [0.2, 0.25) is 0 Å². The highest BCUT2D eigenvalue weighted by molar-refractivity contribution is 5.98. The zero-order valence-corrected chi connectivity index (χ0v) is 43.8. The molecule has 3 fully saturated rings. The van der Waals surface area contributed by atoms with Crippen LogP contribution in [0.3, 0.4) is 0 Å². The summed E-state index contributed by atoms with van der Waals surface area (Å²) in [5, 5.41) is 21.2. The Kier molecular flexibility index (Phi) is 18.4. The van der Waals surface area contributed by atoms with Crippen LogP contribution in [0.5, 0.6) is 0 Å². The third kappa shape index (κ3) is 13.3. The molecule has 0 radical (unpaired) electrons. The molecule has 7 rings (SSSR count). The number of ether oxygens (including phenoxy) is 1. The van der Waals surface area contributed by atoms with Crippen LogP contribution in [0.1, 0.15) is 153 Å². The summed E-state index contributed by atoms with van der Waals surface area (Å²) in [5.74, 6) is 3.01. The molecule has 2 aromatic heterocycles. The number of hydrogen-bond donors (Lipinski definition) is 7. The van der Waals surface area contributed by atoms with Gasteiger partial charge in [0, 0.05) is 44.2 Å². The highest BCUT2D eigenvalue weighted by atomic mass is 16.6. The second-order valence-corrected chi connectivity index (χ2v) is 22.5. The van der Waals surface area contributed by atoms with Crippen LogP contribution in [-0.2, 0) is 20.9 Å². The van der Waals surface area contributed by atoms with Gasteiger partial charge in [-0.25, -0.2) is 14.8 Å². The standard InChI is InChI=1S/C55H83N11O6/c1-34(2)11-9-12-35(3)42-19-20-43-41-18-15-37-31-40(23-25-54(37,4)44(41)24-26-55(42,43)5)72-53(71)60-29-8-7-27-58-28-10-30-59-51(70)45(21-22-46(67)68)63-50(69)36-13-16-39(17-14-36)66(6)33-38-32-61-49-47(62-38)48(56)64-52(57)65-49/h13-17,32,34-35,40-45,58H,7-12,18-31,33H2,1-6H3,(H,59,70)(H,60,71)(H,63,69)(H,67,68)(H4,56,57,61,64,65)/t35-,40+,41+,42-,43+,44+,45+,54+,55-/m1/s1. The fraction of sp³-hybridized carbons (Fsp3) is 0.673. The maximum absolute atomic E-state index is 13.2. The first-order valence-corrected chi connectivity index (χ1v) is 27.0. The summed E-state index contributed by atoms with van der Waals surface area (Å²) in [6, 6.07) is 5.78. The summed E-state index contributed by atoms with van der Waals surface area (Å²) in [6.45, 7) is 15.1. The lowest BCUT2D eigenvalue weighted by Gasteiger charge is -2.58.